The van der Waals surface area contributed by atoms with E-state index in [0.29, 0.717) is 29.3 Å². The molecular weight excluding hydrogens is 739 g/mol. The maximum Gasteiger partial charge on any atom is 0.342 e. The molecular formula is C43H40F2N2O8Si. The van der Waals surface area contributed by atoms with Crippen LogP contribution in [0.15, 0.2) is 85.2 Å². The van der Waals surface area contributed by atoms with Crippen molar-refractivity contribution < 1.29 is 47.3 Å². The largest absolute Gasteiger partial charge is 0.516 e. The number of esters is 2. The lowest BCUT2D eigenvalue weighted by Crippen LogP contribution is -2.42. The molecule has 7 rings (SSSR count). The third-order valence-corrected chi connectivity index (χ3v) is 14.4. The minimum Gasteiger partial charge on any atom is -0.516 e. The van der Waals surface area contributed by atoms with Gasteiger partial charge in [0.15, 0.2) is 11.5 Å². The summed E-state index contributed by atoms with van der Waals surface area (Å²) in [6.45, 7) is 10.0. The van der Waals surface area contributed by atoms with Gasteiger partial charge in [-0.1, -0.05) is 45.0 Å². The molecule has 0 saturated heterocycles. The number of hydrogen-bond acceptors (Lipinski definition) is 10. The molecule has 0 radical (unpaired) electrons. The van der Waals surface area contributed by atoms with E-state index in [1.165, 1.54) is 37.4 Å². The average molecular weight is 779 g/mol. The molecule has 2 N–H and O–H groups in total. The number of methoxy groups -OCH3 is 1. The lowest BCUT2D eigenvalue weighted by molar-refractivity contribution is 0.0532. The molecule has 56 heavy (non-hydrogen) atoms. The molecule has 0 aliphatic carbocycles. The maximum atomic E-state index is 13.2. The summed E-state index contributed by atoms with van der Waals surface area (Å²) in [4.78, 5) is 45.9. The van der Waals surface area contributed by atoms with Gasteiger partial charge in [-0.25, -0.2) is 23.2 Å². The summed E-state index contributed by atoms with van der Waals surface area (Å²) in [5.41, 5.74) is 4.66. The number of carbonyl (C=O) groups excluding carboxylic acids is 3. The van der Waals surface area contributed by atoms with Gasteiger partial charge in [0, 0.05) is 28.7 Å². The van der Waals surface area contributed by atoms with E-state index in [1.54, 1.807) is 42.7 Å². The van der Waals surface area contributed by atoms with E-state index in [-0.39, 0.29) is 51.2 Å². The number of carbonyl (C=O) groups is 3. The predicted octanol–water partition coefficient (Wildman–Crippen LogP) is 8.96. The standard InChI is InChI=1S/C25H28FNO5Si.C18H12FNO3/c1-25(2,3)33(5,6)32-23(29)19-13-17-12-16(11-15-7-9-18(26)10-8-15)14-27-21(17)22(28)20(19)24(30)31-4;19-14-3-1-10(2-4-14)5-11-6-12-7-13-9-23-18(22)15(13)17(21)16(12)20-8-11/h7-10,12-14,28H,11H2,1-6H3;1-4,6-8,21H,5,9H2. The van der Waals surface area contributed by atoms with E-state index in [1.807, 2.05) is 46.0 Å². The highest BCUT2D eigenvalue weighted by Crippen LogP contribution is 2.39. The van der Waals surface area contributed by atoms with Crippen LogP contribution in [0.1, 0.15) is 79.7 Å². The zero-order valence-electron chi connectivity index (χ0n) is 31.7. The van der Waals surface area contributed by atoms with Crippen molar-refractivity contribution in [2.24, 2.45) is 0 Å². The Bertz CT molecular complexity index is 2500. The lowest BCUT2D eigenvalue weighted by Gasteiger charge is -2.35. The Hall–Kier alpha value is -6.21. The zero-order chi connectivity index (χ0) is 40.5. The van der Waals surface area contributed by atoms with E-state index in [2.05, 4.69) is 9.97 Å². The van der Waals surface area contributed by atoms with Crippen molar-refractivity contribution in [3.05, 3.63) is 141 Å². The van der Waals surface area contributed by atoms with Crippen LogP contribution >= 0.6 is 0 Å². The van der Waals surface area contributed by atoms with Crippen LogP contribution in [0.4, 0.5) is 8.78 Å². The number of phenolic OH excluding ortho intramolecular Hbond substituents is 2. The Morgan fingerprint density at radius 2 is 1.27 bits per heavy atom. The van der Waals surface area contributed by atoms with Crippen LogP contribution < -0.4 is 0 Å². The van der Waals surface area contributed by atoms with Gasteiger partial charge in [0.2, 0.25) is 0 Å². The number of rotatable bonds is 7. The SMILES string of the molecule is COC(=O)c1c(C(=O)O[Si](C)(C)C(C)(C)C)cc2cc(Cc3ccc(F)cc3)cnc2c1O.O=C1OCc2cc3cc(Cc4ccc(F)cc4)cnc3c(O)c21. The first-order valence-corrected chi connectivity index (χ1v) is 20.6. The summed E-state index contributed by atoms with van der Waals surface area (Å²) in [6, 6.07) is 19.4. The van der Waals surface area contributed by atoms with E-state index >= 15 is 0 Å². The fourth-order valence-electron chi connectivity index (χ4n) is 6.01. The molecule has 10 nitrogen and oxygen atoms in total. The molecule has 0 unspecified atom stereocenters. The van der Waals surface area contributed by atoms with Crippen molar-refractivity contribution in [2.45, 2.75) is 58.4 Å². The molecule has 6 aromatic rings. The van der Waals surface area contributed by atoms with E-state index in [4.69, 9.17) is 13.9 Å². The molecule has 4 aromatic carbocycles. The summed E-state index contributed by atoms with van der Waals surface area (Å²) >= 11 is 0. The molecule has 2 aromatic heterocycles. The van der Waals surface area contributed by atoms with Gasteiger partial charge >= 0.3 is 17.9 Å². The quantitative estimate of drug-likeness (QED) is 0.119. The number of halogens is 2. The molecule has 0 atom stereocenters. The van der Waals surface area contributed by atoms with Crippen LogP contribution in [0, 0.1) is 11.6 Å². The third kappa shape index (κ3) is 8.22. The number of fused-ring (bicyclic) bond motifs is 3. The first-order chi connectivity index (χ1) is 26.4. The van der Waals surface area contributed by atoms with Crippen molar-refractivity contribution in [1.29, 1.82) is 0 Å². The maximum absolute atomic E-state index is 13.2. The zero-order valence-corrected chi connectivity index (χ0v) is 32.7. The molecule has 3 heterocycles. The number of pyridine rings is 2. The lowest BCUT2D eigenvalue weighted by atomic mass is 9.99. The van der Waals surface area contributed by atoms with Crippen molar-refractivity contribution in [3.8, 4) is 11.5 Å². The highest BCUT2D eigenvalue weighted by molar-refractivity contribution is 6.75. The molecule has 0 saturated carbocycles. The van der Waals surface area contributed by atoms with Gasteiger partial charge < -0.3 is 24.1 Å². The Balaban J connectivity index is 0.000000201. The number of aromatic nitrogens is 2. The first kappa shape index (κ1) is 39.5. The summed E-state index contributed by atoms with van der Waals surface area (Å²) in [5.74, 6) is -3.22. The highest BCUT2D eigenvalue weighted by Gasteiger charge is 2.41. The summed E-state index contributed by atoms with van der Waals surface area (Å²) in [7, 11) is -1.32. The second-order valence-corrected chi connectivity index (χ2v) is 19.8. The number of phenols is 2. The number of hydrogen-bond donors (Lipinski definition) is 2. The molecule has 0 spiro atoms. The summed E-state index contributed by atoms with van der Waals surface area (Å²) in [6.07, 6.45) is 4.31. The minimum absolute atomic E-state index is 0.0718. The van der Waals surface area contributed by atoms with Crippen LogP contribution in [0.3, 0.4) is 0 Å². The monoisotopic (exact) mass is 778 g/mol. The van der Waals surface area contributed by atoms with E-state index in [0.717, 1.165) is 27.6 Å². The Kier molecular flexibility index (Phi) is 10.9. The molecule has 13 heteroatoms. The minimum atomic E-state index is -2.50. The fraction of sp³-hybridized carbons (Fsp3) is 0.233. The van der Waals surface area contributed by atoms with Gasteiger partial charge in [0.25, 0.3) is 8.32 Å². The number of cyclic esters (lactones) is 1. The molecule has 0 amide bonds. The number of benzene rings is 4. The number of nitrogens with zero attached hydrogens (tertiary/aromatic N) is 2. The van der Waals surface area contributed by atoms with Crippen LogP contribution in [0.25, 0.3) is 21.8 Å². The first-order valence-electron chi connectivity index (χ1n) is 17.7. The fourth-order valence-corrected chi connectivity index (χ4v) is 6.89. The molecule has 288 valence electrons. The van der Waals surface area contributed by atoms with Crippen molar-refractivity contribution in [1.82, 2.24) is 9.97 Å². The van der Waals surface area contributed by atoms with Crippen LogP contribution in [0.2, 0.25) is 18.1 Å². The van der Waals surface area contributed by atoms with Crippen LogP contribution in [-0.4, -0.2) is 53.5 Å². The van der Waals surface area contributed by atoms with Gasteiger partial charge in [-0.3, -0.25) is 9.97 Å². The van der Waals surface area contributed by atoms with Gasteiger partial charge in [-0.05, 0) is 102 Å². The van der Waals surface area contributed by atoms with Gasteiger partial charge in [0.1, 0.15) is 40.4 Å². The Morgan fingerprint density at radius 3 is 1.77 bits per heavy atom. The molecule has 1 aliphatic rings. The van der Waals surface area contributed by atoms with Gasteiger partial charge in [0.05, 0.1) is 12.7 Å². The molecule has 0 bridgehead atoms. The predicted molar refractivity (Wildman–Crippen MR) is 208 cm³/mol. The average Bonchev–Trinajstić information content (AvgIpc) is 3.52. The van der Waals surface area contributed by atoms with Gasteiger partial charge in [-0.2, -0.15) is 0 Å². The second-order valence-electron chi connectivity index (χ2n) is 15.1. The Labute approximate surface area is 322 Å². The normalized spacial score (nSPS) is 12.5. The molecule has 1 aliphatic heterocycles. The van der Waals surface area contributed by atoms with Crippen LogP contribution in [-0.2, 0) is 33.3 Å². The Morgan fingerprint density at radius 1 is 0.768 bits per heavy atom. The van der Waals surface area contributed by atoms with Crippen molar-refractivity contribution >= 4 is 48.0 Å². The van der Waals surface area contributed by atoms with Gasteiger partial charge in [-0.15, -0.1) is 0 Å². The highest BCUT2D eigenvalue weighted by atomic mass is 28.4. The van der Waals surface area contributed by atoms with E-state index < -0.39 is 32.0 Å². The third-order valence-electron chi connectivity index (χ3n) is 10.1. The second kappa shape index (κ2) is 15.5. The van der Waals surface area contributed by atoms with E-state index in [9.17, 15) is 33.4 Å². The molecule has 0 fully saturated rings. The van der Waals surface area contributed by atoms with Crippen molar-refractivity contribution in [2.75, 3.05) is 7.11 Å². The summed E-state index contributed by atoms with van der Waals surface area (Å²) < 4.78 is 41.8. The van der Waals surface area contributed by atoms with Crippen molar-refractivity contribution in [3.63, 3.8) is 0 Å². The van der Waals surface area contributed by atoms with Crippen LogP contribution in [0.5, 0.6) is 11.5 Å². The summed E-state index contributed by atoms with van der Waals surface area (Å²) in [5, 5.41) is 22.1. The topological polar surface area (TPSA) is 145 Å². The number of aromatic hydroxyl groups is 2. The smallest absolute Gasteiger partial charge is 0.342 e. The number of ether oxygens (including phenoxy) is 2.